The zero-order valence-corrected chi connectivity index (χ0v) is 18.0. The van der Waals surface area contributed by atoms with Crippen molar-refractivity contribution in [2.75, 3.05) is 26.7 Å². The maximum absolute atomic E-state index is 11.8. The highest BCUT2D eigenvalue weighted by Crippen LogP contribution is 2.36. The summed E-state index contributed by atoms with van der Waals surface area (Å²) in [7, 11) is 3.53. The van der Waals surface area contributed by atoms with Gasteiger partial charge in [0.15, 0.2) is 0 Å². The predicted octanol–water partition coefficient (Wildman–Crippen LogP) is 3.58. The monoisotopic (exact) mass is 417 g/mol. The number of benzene rings is 2. The summed E-state index contributed by atoms with van der Waals surface area (Å²) in [5, 5.41) is 9.88. The quantitative estimate of drug-likeness (QED) is 0.588. The van der Waals surface area contributed by atoms with Gasteiger partial charge in [0.2, 0.25) is 0 Å². The number of nitriles is 1. The van der Waals surface area contributed by atoms with Crippen LogP contribution in [0.1, 0.15) is 24.0 Å². The van der Waals surface area contributed by atoms with Crippen LogP contribution in [0.3, 0.4) is 0 Å². The van der Waals surface area contributed by atoms with Crippen molar-refractivity contribution >= 4 is 10.9 Å². The van der Waals surface area contributed by atoms with Gasteiger partial charge in [-0.15, -0.1) is 0 Å². The Morgan fingerprint density at radius 2 is 2.03 bits per heavy atom. The summed E-state index contributed by atoms with van der Waals surface area (Å²) in [6.45, 7) is 2.90. The lowest BCUT2D eigenvalue weighted by molar-refractivity contribution is -0.00584. The van der Waals surface area contributed by atoms with Crippen LogP contribution >= 0.6 is 0 Å². The fourth-order valence-electron chi connectivity index (χ4n) is 4.34. The van der Waals surface area contributed by atoms with Crippen molar-refractivity contribution < 1.29 is 9.47 Å². The van der Waals surface area contributed by atoms with Crippen LogP contribution < -0.4 is 10.3 Å². The van der Waals surface area contributed by atoms with Gasteiger partial charge in [0.25, 0.3) is 5.56 Å². The highest BCUT2D eigenvalue weighted by atomic mass is 16.5. The van der Waals surface area contributed by atoms with Gasteiger partial charge in [-0.1, -0.05) is 18.2 Å². The van der Waals surface area contributed by atoms with E-state index in [9.17, 15) is 4.79 Å². The Morgan fingerprint density at radius 1 is 1.16 bits per heavy atom. The maximum atomic E-state index is 11.8. The molecular weight excluding hydrogens is 390 g/mol. The molecular formula is C25H27N3O3. The maximum Gasteiger partial charge on any atom is 0.250 e. The van der Waals surface area contributed by atoms with E-state index in [1.165, 1.54) is 0 Å². The molecule has 2 heterocycles. The Bertz CT molecular complexity index is 1180. The highest BCUT2D eigenvalue weighted by molar-refractivity contribution is 5.79. The number of nitrogens with zero attached hydrogens (tertiary/aromatic N) is 3. The second kappa shape index (κ2) is 8.93. The molecule has 3 aromatic rings. The van der Waals surface area contributed by atoms with E-state index >= 15 is 0 Å². The van der Waals surface area contributed by atoms with Gasteiger partial charge in [-0.2, -0.15) is 5.26 Å². The van der Waals surface area contributed by atoms with E-state index in [1.54, 1.807) is 24.8 Å². The van der Waals surface area contributed by atoms with Crippen molar-refractivity contribution in [3.63, 3.8) is 0 Å². The molecule has 1 atom stereocenters. The lowest BCUT2D eigenvalue weighted by Crippen LogP contribution is -2.33. The third kappa shape index (κ3) is 4.34. The van der Waals surface area contributed by atoms with Gasteiger partial charge in [0, 0.05) is 46.3 Å². The largest absolute Gasteiger partial charge is 0.489 e. The summed E-state index contributed by atoms with van der Waals surface area (Å²) in [5.41, 5.74) is 2.66. The molecule has 0 N–H and O–H groups in total. The molecule has 1 unspecified atom stereocenters. The number of likely N-dealkylation sites (tertiary alicyclic amines) is 1. The molecule has 1 aliphatic heterocycles. The van der Waals surface area contributed by atoms with Crippen molar-refractivity contribution in [2.45, 2.75) is 25.0 Å². The van der Waals surface area contributed by atoms with Crippen LogP contribution in [0.25, 0.3) is 10.9 Å². The Labute approximate surface area is 182 Å². The first kappa shape index (κ1) is 21.1. The third-order valence-electron chi connectivity index (χ3n) is 6.20. The van der Waals surface area contributed by atoms with E-state index in [2.05, 4.69) is 29.2 Å². The smallest absolute Gasteiger partial charge is 0.250 e. The molecule has 1 aliphatic rings. The van der Waals surface area contributed by atoms with Crippen LogP contribution in [-0.4, -0.2) is 36.2 Å². The first-order valence-electron chi connectivity index (χ1n) is 10.5. The SMILES string of the molecule is COC1(c2cccc(OCc3ccc4c(ccc(=O)n4C)c3)c2)CCN(CCC#N)C1. The van der Waals surface area contributed by atoms with E-state index in [-0.39, 0.29) is 11.2 Å². The molecule has 0 saturated carbocycles. The highest BCUT2D eigenvalue weighted by Gasteiger charge is 2.39. The zero-order valence-electron chi connectivity index (χ0n) is 18.0. The second-order valence-electron chi connectivity index (χ2n) is 8.07. The molecule has 1 fully saturated rings. The number of rotatable bonds is 7. The molecule has 0 spiro atoms. The van der Waals surface area contributed by atoms with Crippen LogP contribution in [0.4, 0.5) is 0 Å². The van der Waals surface area contributed by atoms with Gasteiger partial charge in [-0.25, -0.2) is 0 Å². The van der Waals surface area contributed by atoms with E-state index < -0.39 is 0 Å². The fraction of sp³-hybridized carbons (Fsp3) is 0.360. The van der Waals surface area contributed by atoms with Crippen molar-refractivity contribution in [1.82, 2.24) is 9.47 Å². The number of hydrogen-bond acceptors (Lipinski definition) is 5. The predicted molar refractivity (Wildman–Crippen MR) is 120 cm³/mol. The van der Waals surface area contributed by atoms with Gasteiger partial charge in [0.05, 0.1) is 11.6 Å². The lowest BCUT2D eigenvalue weighted by atomic mass is 9.92. The van der Waals surface area contributed by atoms with Gasteiger partial charge in [-0.3, -0.25) is 9.69 Å². The summed E-state index contributed by atoms with van der Waals surface area (Å²) >= 11 is 0. The summed E-state index contributed by atoms with van der Waals surface area (Å²) in [6, 6.07) is 19.8. The van der Waals surface area contributed by atoms with E-state index in [1.807, 2.05) is 30.3 Å². The molecule has 4 rings (SSSR count). The molecule has 2 aromatic carbocycles. The Hall–Kier alpha value is -3.14. The van der Waals surface area contributed by atoms with Crippen LogP contribution in [0.15, 0.2) is 59.4 Å². The van der Waals surface area contributed by atoms with Crippen LogP contribution in [-0.2, 0) is 24.0 Å². The minimum atomic E-state index is -0.372. The van der Waals surface area contributed by atoms with Gasteiger partial charge in [0.1, 0.15) is 18.0 Å². The summed E-state index contributed by atoms with van der Waals surface area (Å²) in [5.74, 6) is 0.796. The molecule has 6 heteroatoms. The average Bonchev–Trinajstić information content (AvgIpc) is 3.24. The number of pyridine rings is 1. The standard InChI is InChI=1S/C25H27N3O3/c1-27-23-9-7-19(15-20(23)8-10-24(27)29)17-31-22-6-3-5-21(16-22)25(30-2)11-14-28(18-25)13-4-12-26/h3,5-10,15-16H,4,11,13-14,17-18H2,1-2H3. The zero-order chi connectivity index (χ0) is 21.8. The third-order valence-corrected chi connectivity index (χ3v) is 6.20. The molecule has 0 radical (unpaired) electrons. The van der Waals surface area contributed by atoms with E-state index in [0.717, 1.165) is 53.8 Å². The normalized spacial score (nSPS) is 18.9. The van der Waals surface area contributed by atoms with Gasteiger partial charge >= 0.3 is 0 Å². The number of aromatic nitrogens is 1. The van der Waals surface area contributed by atoms with Crippen molar-refractivity contribution in [1.29, 1.82) is 5.26 Å². The topological polar surface area (TPSA) is 67.5 Å². The number of hydrogen-bond donors (Lipinski definition) is 0. The number of methoxy groups -OCH3 is 1. The first-order valence-corrected chi connectivity index (χ1v) is 10.5. The lowest BCUT2D eigenvalue weighted by Gasteiger charge is -2.29. The molecule has 6 nitrogen and oxygen atoms in total. The van der Waals surface area contributed by atoms with Gasteiger partial charge < -0.3 is 14.0 Å². The summed E-state index contributed by atoms with van der Waals surface area (Å²) in [6.07, 6.45) is 1.42. The first-order chi connectivity index (χ1) is 15.0. The van der Waals surface area contributed by atoms with Crippen molar-refractivity contribution in [3.8, 4) is 11.8 Å². The Morgan fingerprint density at radius 3 is 2.84 bits per heavy atom. The minimum Gasteiger partial charge on any atom is -0.489 e. The summed E-state index contributed by atoms with van der Waals surface area (Å²) in [4.78, 5) is 14.1. The molecule has 1 saturated heterocycles. The molecule has 31 heavy (non-hydrogen) atoms. The number of ether oxygens (including phenoxy) is 2. The fourth-order valence-corrected chi connectivity index (χ4v) is 4.34. The second-order valence-corrected chi connectivity index (χ2v) is 8.07. The van der Waals surface area contributed by atoms with E-state index in [4.69, 9.17) is 14.7 Å². The van der Waals surface area contributed by atoms with Crippen molar-refractivity contribution in [3.05, 3.63) is 76.1 Å². The van der Waals surface area contributed by atoms with Crippen molar-refractivity contribution in [2.24, 2.45) is 7.05 Å². The molecule has 160 valence electrons. The average molecular weight is 418 g/mol. The number of aryl methyl sites for hydroxylation is 1. The molecule has 0 amide bonds. The minimum absolute atomic E-state index is 0.0153. The van der Waals surface area contributed by atoms with E-state index in [0.29, 0.717) is 13.0 Å². The Kier molecular flexibility index (Phi) is 6.08. The van der Waals surface area contributed by atoms with Crippen LogP contribution in [0, 0.1) is 11.3 Å². The molecule has 1 aromatic heterocycles. The molecule has 0 aliphatic carbocycles. The summed E-state index contributed by atoms with van der Waals surface area (Å²) < 4.78 is 13.7. The Balaban J connectivity index is 1.49. The van der Waals surface area contributed by atoms with Crippen LogP contribution in [0.2, 0.25) is 0 Å². The van der Waals surface area contributed by atoms with Gasteiger partial charge in [-0.05, 0) is 53.3 Å². The molecule has 0 bridgehead atoms. The van der Waals surface area contributed by atoms with Crippen LogP contribution in [0.5, 0.6) is 5.75 Å². The number of fused-ring (bicyclic) bond motifs is 1.